The summed E-state index contributed by atoms with van der Waals surface area (Å²) < 4.78 is 0. The highest BCUT2D eigenvalue weighted by Crippen LogP contribution is 2.04. The molecule has 0 aromatic heterocycles. The zero-order valence-electron chi connectivity index (χ0n) is 7.86. The summed E-state index contributed by atoms with van der Waals surface area (Å²) in [4.78, 5) is 9.75. The van der Waals surface area contributed by atoms with Crippen molar-refractivity contribution in [1.82, 2.24) is 5.32 Å². The molecule has 1 unspecified atom stereocenters. The molecule has 0 aliphatic heterocycles. The van der Waals surface area contributed by atoms with Crippen molar-refractivity contribution in [2.45, 2.75) is 19.4 Å². The van der Waals surface area contributed by atoms with E-state index in [-0.39, 0.29) is 6.04 Å². The van der Waals surface area contributed by atoms with Crippen molar-refractivity contribution < 1.29 is 4.92 Å². The van der Waals surface area contributed by atoms with E-state index in [2.05, 4.69) is 23.9 Å². The van der Waals surface area contributed by atoms with Crippen molar-refractivity contribution in [1.29, 1.82) is 0 Å². The van der Waals surface area contributed by atoms with E-state index in [9.17, 15) is 10.1 Å². The van der Waals surface area contributed by atoms with E-state index >= 15 is 0 Å². The lowest BCUT2D eigenvalue weighted by atomic mass is 10.2. The molecule has 0 saturated carbocycles. The van der Waals surface area contributed by atoms with Gasteiger partial charge in [0.1, 0.15) is 5.70 Å². The van der Waals surface area contributed by atoms with Crippen LogP contribution in [0, 0.1) is 22.5 Å². The van der Waals surface area contributed by atoms with Crippen LogP contribution in [-0.4, -0.2) is 16.7 Å². The quantitative estimate of drug-likeness (QED) is 0.267. The Labute approximate surface area is 88.3 Å². The summed E-state index contributed by atoms with van der Waals surface area (Å²) in [6, 6.07) is -0.289. The predicted molar refractivity (Wildman–Crippen MR) is 58.1 cm³/mol. The third-order valence-corrected chi connectivity index (χ3v) is 1.73. The minimum atomic E-state index is -0.644. The summed E-state index contributed by atoms with van der Waals surface area (Å²) in [5.41, 5.74) is 5.59. The standard InChI is InChI=1S/C8H13N3O2S/c1-3-6(2)10-7(4-5-14)8(9)11(12)13/h1,6,10,14H,4-5,9H2,2H3. The van der Waals surface area contributed by atoms with Gasteiger partial charge in [-0.2, -0.15) is 12.6 Å². The molecule has 0 bridgehead atoms. The predicted octanol–water partition coefficient (Wildman–Crippen LogP) is 0.322. The minimum absolute atomic E-state index is 0.289. The zero-order chi connectivity index (χ0) is 11.1. The largest absolute Gasteiger partial charge is 0.368 e. The van der Waals surface area contributed by atoms with Gasteiger partial charge in [-0.25, -0.2) is 0 Å². The van der Waals surface area contributed by atoms with E-state index in [0.717, 1.165) is 0 Å². The lowest BCUT2D eigenvalue weighted by molar-refractivity contribution is -0.428. The maximum Gasteiger partial charge on any atom is 0.333 e. The number of hydrogen-bond acceptors (Lipinski definition) is 5. The average molecular weight is 215 g/mol. The molecule has 0 rings (SSSR count). The van der Waals surface area contributed by atoms with Gasteiger partial charge in [0.2, 0.25) is 0 Å². The van der Waals surface area contributed by atoms with Crippen LogP contribution in [0.15, 0.2) is 11.5 Å². The Bertz CT molecular complexity index is 283. The number of rotatable bonds is 5. The van der Waals surface area contributed by atoms with E-state index in [4.69, 9.17) is 12.2 Å². The monoisotopic (exact) mass is 215 g/mol. The molecule has 78 valence electrons. The second-order valence-electron chi connectivity index (χ2n) is 2.63. The minimum Gasteiger partial charge on any atom is -0.368 e. The normalized spacial score (nSPS) is 13.8. The number of thiol groups is 1. The first-order chi connectivity index (χ1) is 6.52. The van der Waals surface area contributed by atoms with Crippen molar-refractivity contribution in [2.24, 2.45) is 5.73 Å². The molecule has 6 heteroatoms. The van der Waals surface area contributed by atoms with E-state index in [1.54, 1.807) is 6.92 Å². The van der Waals surface area contributed by atoms with Crippen LogP contribution in [0.2, 0.25) is 0 Å². The van der Waals surface area contributed by atoms with Gasteiger partial charge in [0.15, 0.2) is 0 Å². The summed E-state index contributed by atoms with van der Waals surface area (Å²) >= 11 is 3.97. The van der Waals surface area contributed by atoms with Gasteiger partial charge in [0, 0.05) is 6.42 Å². The molecule has 0 spiro atoms. The molecule has 14 heavy (non-hydrogen) atoms. The van der Waals surface area contributed by atoms with E-state index in [1.807, 2.05) is 0 Å². The van der Waals surface area contributed by atoms with Gasteiger partial charge in [0.25, 0.3) is 0 Å². The Morgan fingerprint density at radius 2 is 2.43 bits per heavy atom. The molecule has 5 nitrogen and oxygen atoms in total. The van der Waals surface area contributed by atoms with Crippen molar-refractivity contribution in [3.8, 4) is 12.3 Å². The van der Waals surface area contributed by atoms with Crippen molar-refractivity contribution in [3.05, 3.63) is 21.6 Å². The number of nitrogens with two attached hydrogens (primary N) is 1. The van der Waals surface area contributed by atoms with Crippen LogP contribution < -0.4 is 11.1 Å². The Hall–Kier alpha value is -1.35. The summed E-state index contributed by atoms with van der Waals surface area (Å²) in [5, 5.41) is 13.2. The van der Waals surface area contributed by atoms with E-state index in [1.165, 1.54) is 0 Å². The Balaban J connectivity index is 4.68. The topological polar surface area (TPSA) is 81.2 Å². The van der Waals surface area contributed by atoms with Gasteiger partial charge in [-0.15, -0.1) is 6.42 Å². The highest BCUT2D eigenvalue weighted by Gasteiger charge is 2.12. The number of nitro groups is 1. The van der Waals surface area contributed by atoms with Gasteiger partial charge in [-0.05, 0) is 17.6 Å². The molecular weight excluding hydrogens is 202 g/mol. The number of hydrogen-bond donors (Lipinski definition) is 3. The second kappa shape index (κ2) is 6.16. The molecule has 3 N–H and O–H groups in total. The van der Waals surface area contributed by atoms with Gasteiger partial charge in [0.05, 0.1) is 6.04 Å². The van der Waals surface area contributed by atoms with Crippen LogP contribution >= 0.6 is 12.6 Å². The number of nitrogens with zero attached hydrogens (tertiary/aromatic N) is 1. The second-order valence-corrected chi connectivity index (χ2v) is 3.07. The van der Waals surface area contributed by atoms with Crippen LogP contribution in [0.5, 0.6) is 0 Å². The van der Waals surface area contributed by atoms with Crippen LogP contribution in [0.4, 0.5) is 0 Å². The molecule has 0 heterocycles. The van der Waals surface area contributed by atoms with Crippen molar-refractivity contribution >= 4 is 12.6 Å². The smallest absolute Gasteiger partial charge is 0.333 e. The van der Waals surface area contributed by atoms with Gasteiger partial charge >= 0.3 is 5.82 Å². The summed E-state index contributed by atoms with van der Waals surface area (Å²) in [5.74, 6) is 2.46. The third kappa shape index (κ3) is 4.05. The molecule has 0 aliphatic carbocycles. The summed E-state index contributed by atoms with van der Waals surface area (Å²) in [6.07, 6.45) is 5.52. The fourth-order valence-corrected chi connectivity index (χ4v) is 1.02. The van der Waals surface area contributed by atoms with Crippen LogP contribution in [0.3, 0.4) is 0 Å². The summed E-state index contributed by atoms with van der Waals surface area (Å²) in [7, 11) is 0. The lowest BCUT2D eigenvalue weighted by Gasteiger charge is -2.12. The van der Waals surface area contributed by atoms with Crippen LogP contribution in [0.25, 0.3) is 0 Å². The average Bonchev–Trinajstić information content (AvgIpc) is 2.15. The van der Waals surface area contributed by atoms with E-state index in [0.29, 0.717) is 17.9 Å². The highest BCUT2D eigenvalue weighted by molar-refractivity contribution is 7.80. The van der Waals surface area contributed by atoms with Crippen LogP contribution in [0.1, 0.15) is 13.3 Å². The Morgan fingerprint density at radius 3 is 2.79 bits per heavy atom. The maximum absolute atomic E-state index is 10.4. The van der Waals surface area contributed by atoms with Crippen LogP contribution in [-0.2, 0) is 0 Å². The first kappa shape index (κ1) is 12.7. The SMILES string of the molecule is C#CC(C)NC(CCS)=C(N)[N+](=O)[O-]. The van der Waals surface area contributed by atoms with Crippen molar-refractivity contribution in [2.75, 3.05) is 5.75 Å². The molecule has 0 fully saturated rings. The molecule has 0 radical (unpaired) electrons. The van der Waals surface area contributed by atoms with Gasteiger partial charge < -0.3 is 15.4 Å². The van der Waals surface area contributed by atoms with Crippen molar-refractivity contribution in [3.63, 3.8) is 0 Å². The van der Waals surface area contributed by atoms with Gasteiger partial charge in [-0.3, -0.25) is 5.73 Å². The first-order valence-electron chi connectivity index (χ1n) is 3.99. The first-order valence-corrected chi connectivity index (χ1v) is 4.62. The lowest BCUT2D eigenvalue weighted by Crippen LogP contribution is -2.29. The zero-order valence-corrected chi connectivity index (χ0v) is 8.75. The number of allylic oxidation sites excluding steroid dienone is 1. The Morgan fingerprint density at radius 1 is 1.86 bits per heavy atom. The molecule has 0 aromatic rings. The fraction of sp³-hybridized carbons (Fsp3) is 0.500. The Kier molecular flexibility index (Phi) is 5.56. The molecule has 0 aromatic carbocycles. The summed E-state index contributed by atoms with van der Waals surface area (Å²) in [6.45, 7) is 1.71. The number of nitrogens with one attached hydrogen (secondary N) is 1. The molecule has 0 amide bonds. The molecule has 1 atom stereocenters. The highest BCUT2D eigenvalue weighted by atomic mass is 32.1. The fourth-order valence-electron chi connectivity index (χ4n) is 0.799. The third-order valence-electron chi connectivity index (χ3n) is 1.51. The molecule has 0 saturated heterocycles. The van der Waals surface area contributed by atoms with E-state index < -0.39 is 10.7 Å². The van der Waals surface area contributed by atoms with Gasteiger partial charge in [-0.1, -0.05) is 5.92 Å². The number of terminal acetylenes is 1. The molecule has 0 aliphatic rings. The molecular formula is C8H13N3O2S. The maximum atomic E-state index is 10.4.